The zero-order chi connectivity index (χ0) is 19.2. The first-order valence-electron chi connectivity index (χ1n) is 9.24. The fraction of sp³-hybridized carbons (Fsp3) is 0.333. The van der Waals surface area contributed by atoms with Crippen LogP contribution >= 0.6 is 11.8 Å². The first kappa shape index (κ1) is 19.5. The van der Waals surface area contributed by atoms with E-state index in [0.29, 0.717) is 5.75 Å². The number of nitrogens with zero attached hydrogens (tertiary/aromatic N) is 2. The third kappa shape index (κ3) is 4.90. The van der Waals surface area contributed by atoms with Gasteiger partial charge >= 0.3 is 0 Å². The van der Waals surface area contributed by atoms with Crippen molar-refractivity contribution >= 4 is 35.0 Å². The Hall–Kier alpha value is -2.31. The van der Waals surface area contributed by atoms with Crippen LogP contribution in [-0.2, 0) is 16.1 Å². The smallest absolute Gasteiger partial charge is 0.244 e. The highest BCUT2D eigenvalue weighted by Gasteiger charge is 2.26. The second kappa shape index (κ2) is 9.06. The molecule has 1 N–H and O–H groups in total. The molecule has 0 radical (unpaired) electrons. The Bertz CT molecular complexity index is 821. The maximum Gasteiger partial charge on any atom is 0.244 e. The molecule has 6 heteroatoms. The molecule has 1 aliphatic heterocycles. The minimum Gasteiger partial charge on any atom is -0.325 e. The van der Waals surface area contributed by atoms with Crippen molar-refractivity contribution in [1.82, 2.24) is 4.90 Å². The van der Waals surface area contributed by atoms with Crippen molar-refractivity contribution in [1.29, 1.82) is 0 Å². The van der Waals surface area contributed by atoms with E-state index in [0.717, 1.165) is 41.5 Å². The van der Waals surface area contributed by atoms with Gasteiger partial charge in [0.2, 0.25) is 11.8 Å². The fourth-order valence-corrected chi connectivity index (χ4v) is 4.06. The summed E-state index contributed by atoms with van der Waals surface area (Å²) in [5, 5.41) is 2.93. The first-order valence-corrected chi connectivity index (χ1v) is 10.2. The summed E-state index contributed by atoms with van der Waals surface area (Å²) in [6.07, 6.45) is 0. The molecule has 1 heterocycles. The first-order chi connectivity index (χ1) is 13.1. The molecule has 27 heavy (non-hydrogen) atoms. The molecule has 2 amide bonds. The summed E-state index contributed by atoms with van der Waals surface area (Å²) in [4.78, 5) is 29.8. The minimum absolute atomic E-state index is 0.0245. The van der Waals surface area contributed by atoms with Crippen molar-refractivity contribution in [3.05, 3.63) is 54.1 Å². The second-order valence-electron chi connectivity index (χ2n) is 6.45. The fourth-order valence-electron chi connectivity index (χ4n) is 3.12. The van der Waals surface area contributed by atoms with Crippen molar-refractivity contribution in [2.45, 2.75) is 25.3 Å². The molecule has 2 aromatic carbocycles. The predicted octanol–water partition coefficient (Wildman–Crippen LogP) is 3.61. The van der Waals surface area contributed by atoms with Crippen molar-refractivity contribution < 1.29 is 9.59 Å². The number of rotatable bonds is 7. The van der Waals surface area contributed by atoms with Crippen LogP contribution in [0.15, 0.2) is 53.4 Å². The molecular weight excluding hydrogens is 358 g/mol. The van der Waals surface area contributed by atoms with Gasteiger partial charge in [-0.25, -0.2) is 0 Å². The minimum atomic E-state index is -0.190. The van der Waals surface area contributed by atoms with Crippen LogP contribution in [0.2, 0.25) is 0 Å². The lowest BCUT2D eigenvalue weighted by Crippen LogP contribution is -2.41. The molecule has 0 saturated heterocycles. The van der Waals surface area contributed by atoms with E-state index in [1.807, 2.05) is 42.5 Å². The Morgan fingerprint density at radius 1 is 1.15 bits per heavy atom. The molecule has 0 fully saturated rings. The molecule has 142 valence electrons. The summed E-state index contributed by atoms with van der Waals surface area (Å²) in [5.74, 6) is 0.137. The SMILES string of the molecule is CCN(CC)Cc1cccc(NC(=O)CN2C(=O)CSc3ccccc32)c1. The topological polar surface area (TPSA) is 52.7 Å². The predicted molar refractivity (Wildman–Crippen MR) is 111 cm³/mol. The van der Waals surface area contributed by atoms with E-state index in [1.54, 1.807) is 4.90 Å². The molecule has 0 bridgehead atoms. The number of carbonyl (C=O) groups is 2. The highest BCUT2D eigenvalue weighted by Crippen LogP contribution is 2.34. The average molecular weight is 384 g/mol. The lowest BCUT2D eigenvalue weighted by molar-refractivity contribution is -0.120. The van der Waals surface area contributed by atoms with Gasteiger partial charge in [0.1, 0.15) is 6.54 Å². The Morgan fingerprint density at radius 2 is 1.93 bits per heavy atom. The number of carbonyl (C=O) groups excluding carboxylic acids is 2. The van der Waals surface area contributed by atoms with E-state index in [2.05, 4.69) is 30.1 Å². The normalized spacial score (nSPS) is 13.6. The summed E-state index contributed by atoms with van der Waals surface area (Å²) in [7, 11) is 0. The maximum absolute atomic E-state index is 12.6. The summed E-state index contributed by atoms with van der Waals surface area (Å²) >= 11 is 1.52. The molecular formula is C21H25N3O2S. The lowest BCUT2D eigenvalue weighted by Gasteiger charge is -2.28. The summed E-state index contributed by atoms with van der Waals surface area (Å²) < 4.78 is 0. The Labute approximate surface area is 164 Å². The van der Waals surface area contributed by atoms with Crippen LogP contribution in [0.5, 0.6) is 0 Å². The summed E-state index contributed by atoms with van der Waals surface area (Å²) in [6, 6.07) is 15.6. The third-order valence-electron chi connectivity index (χ3n) is 4.62. The number of fused-ring (bicyclic) bond motifs is 1. The number of anilines is 2. The van der Waals surface area contributed by atoms with Crippen LogP contribution in [0.4, 0.5) is 11.4 Å². The highest BCUT2D eigenvalue weighted by atomic mass is 32.2. The van der Waals surface area contributed by atoms with Crippen molar-refractivity contribution in [2.75, 3.05) is 35.6 Å². The summed E-state index contributed by atoms with van der Waals surface area (Å²) in [5.41, 5.74) is 2.73. The largest absolute Gasteiger partial charge is 0.325 e. The molecule has 0 aromatic heterocycles. The van der Waals surface area contributed by atoms with Gasteiger partial charge in [-0.3, -0.25) is 14.5 Å². The van der Waals surface area contributed by atoms with E-state index in [-0.39, 0.29) is 18.4 Å². The van der Waals surface area contributed by atoms with Crippen LogP contribution in [0.3, 0.4) is 0 Å². The Morgan fingerprint density at radius 3 is 2.70 bits per heavy atom. The highest BCUT2D eigenvalue weighted by molar-refractivity contribution is 8.00. The molecule has 0 spiro atoms. The number of nitrogens with one attached hydrogen (secondary N) is 1. The molecule has 0 saturated carbocycles. The Balaban J connectivity index is 1.67. The quantitative estimate of drug-likeness (QED) is 0.794. The van der Waals surface area contributed by atoms with E-state index in [9.17, 15) is 9.59 Å². The number of hydrogen-bond acceptors (Lipinski definition) is 4. The molecule has 0 unspecified atom stereocenters. The van der Waals surface area contributed by atoms with Crippen molar-refractivity contribution in [3.8, 4) is 0 Å². The Kier molecular flexibility index (Phi) is 6.53. The van der Waals surface area contributed by atoms with E-state index >= 15 is 0 Å². The molecule has 2 aromatic rings. The van der Waals surface area contributed by atoms with Gasteiger partial charge in [0.15, 0.2) is 0 Å². The van der Waals surface area contributed by atoms with Crippen molar-refractivity contribution in [2.24, 2.45) is 0 Å². The van der Waals surface area contributed by atoms with Crippen LogP contribution < -0.4 is 10.2 Å². The van der Waals surface area contributed by atoms with Gasteiger partial charge in [0.05, 0.1) is 11.4 Å². The number of amides is 2. The third-order valence-corrected chi connectivity index (χ3v) is 5.67. The molecule has 5 nitrogen and oxygen atoms in total. The number of hydrogen-bond donors (Lipinski definition) is 1. The second-order valence-corrected chi connectivity index (χ2v) is 7.46. The van der Waals surface area contributed by atoms with Crippen LogP contribution in [0.1, 0.15) is 19.4 Å². The van der Waals surface area contributed by atoms with Crippen LogP contribution in [-0.4, -0.2) is 42.1 Å². The number of thioether (sulfide) groups is 1. The molecule has 1 aliphatic rings. The van der Waals surface area contributed by atoms with Crippen molar-refractivity contribution in [3.63, 3.8) is 0 Å². The van der Waals surface area contributed by atoms with Gasteiger partial charge in [-0.15, -0.1) is 11.8 Å². The van der Waals surface area contributed by atoms with E-state index < -0.39 is 0 Å². The van der Waals surface area contributed by atoms with Gasteiger partial charge in [0, 0.05) is 17.1 Å². The van der Waals surface area contributed by atoms with Gasteiger partial charge < -0.3 is 10.2 Å². The van der Waals surface area contributed by atoms with Crippen LogP contribution in [0, 0.1) is 0 Å². The maximum atomic E-state index is 12.6. The standard InChI is InChI=1S/C21H25N3O2S/c1-3-23(4-2)13-16-8-7-9-17(12-16)22-20(25)14-24-18-10-5-6-11-19(18)27-15-21(24)26/h5-12H,3-4,13-15H2,1-2H3,(H,22,25). The monoisotopic (exact) mass is 383 g/mol. The van der Waals surface area contributed by atoms with Gasteiger partial charge in [0.25, 0.3) is 0 Å². The average Bonchev–Trinajstić information content (AvgIpc) is 2.68. The molecule has 0 aliphatic carbocycles. The number of benzene rings is 2. The van der Waals surface area contributed by atoms with Gasteiger partial charge in [-0.2, -0.15) is 0 Å². The zero-order valence-corrected chi connectivity index (χ0v) is 16.6. The zero-order valence-electron chi connectivity index (χ0n) is 15.8. The summed E-state index contributed by atoms with van der Waals surface area (Å²) in [6.45, 7) is 7.13. The van der Waals surface area contributed by atoms with Crippen LogP contribution in [0.25, 0.3) is 0 Å². The van der Waals surface area contributed by atoms with Gasteiger partial charge in [-0.05, 0) is 42.9 Å². The number of para-hydroxylation sites is 1. The molecule has 0 atom stereocenters. The van der Waals surface area contributed by atoms with E-state index in [1.165, 1.54) is 11.8 Å². The van der Waals surface area contributed by atoms with Gasteiger partial charge in [-0.1, -0.05) is 38.1 Å². The lowest BCUT2D eigenvalue weighted by atomic mass is 10.2. The molecule has 3 rings (SSSR count). The van der Waals surface area contributed by atoms with E-state index in [4.69, 9.17) is 0 Å².